The minimum atomic E-state index is 0.158. The summed E-state index contributed by atoms with van der Waals surface area (Å²) >= 11 is 0. The fourth-order valence-electron chi connectivity index (χ4n) is 2.48. The molecule has 3 heteroatoms. The lowest BCUT2D eigenvalue weighted by molar-refractivity contribution is 0.387. The molecule has 0 heterocycles. The summed E-state index contributed by atoms with van der Waals surface area (Å²) in [6.07, 6.45) is 0. The summed E-state index contributed by atoms with van der Waals surface area (Å²) < 4.78 is 10.8. The maximum absolute atomic E-state index is 5.46. The Balaban J connectivity index is 2.18. The monoisotopic (exact) mass is 285 g/mol. The van der Waals surface area contributed by atoms with E-state index in [1.807, 2.05) is 24.3 Å². The van der Waals surface area contributed by atoms with Crippen LogP contribution in [0.4, 0.5) is 0 Å². The van der Waals surface area contributed by atoms with E-state index in [1.54, 1.807) is 14.2 Å². The number of hydrogen-bond acceptors (Lipinski definition) is 3. The number of nitrogens with one attached hydrogen (secondary N) is 1. The highest BCUT2D eigenvalue weighted by Gasteiger charge is 2.15. The molecule has 0 aliphatic heterocycles. The van der Waals surface area contributed by atoms with Gasteiger partial charge in [-0.2, -0.15) is 0 Å². The van der Waals surface area contributed by atoms with Crippen molar-refractivity contribution in [2.24, 2.45) is 0 Å². The Morgan fingerprint density at radius 1 is 0.857 bits per heavy atom. The van der Waals surface area contributed by atoms with Gasteiger partial charge in [0.1, 0.15) is 11.5 Å². The van der Waals surface area contributed by atoms with Crippen molar-refractivity contribution in [3.63, 3.8) is 0 Å². The first-order valence-electron chi connectivity index (χ1n) is 7.18. The van der Waals surface area contributed by atoms with Crippen molar-refractivity contribution >= 4 is 0 Å². The second-order valence-electron chi connectivity index (χ2n) is 5.13. The van der Waals surface area contributed by atoms with Gasteiger partial charge in [0.25, 0.3) is 0 Å². The van der Waals surface area contributed by atoms with Gasteiger partial charge in [0, 0.05) is 17.6 Å². The number of hydrogen-bond donors (Lipinski definition) is 1. The van der Waals surface area contributed by atoms with E-state index in [4.69, 9.17) is 9.47 Å². The van der Waals surface area contributed by atoms with Gasteiger partial charge in [-0.15, -0.1) is 0 Å². The van der Waals surface area contributed by atoms with Gasteiger partial charge in [0.2, 0.25) is 0 Å². The van der Waals surface area contributed by atoms with E-state index in [9.17, 15) is 0 Å². The van der Waals surface area contributed by atoms with Gasteiger partial charge in [0.15, 0.2) is 0 Å². The molecule has 0 aromatic heterocycles. The predicted molar refractivity (Wildman–Crippen MR) is 86.0 cm³/mol. The molecule has 0 unspecified atom stereocenters. The molecule has 0 saturated carbocycles. The Bertz CT molecular complexity index is 569. The van der Waals surface area contributed by atoms with E-state index >= 15 is 0 Å². The fourth-order valence-corrected chi connectivity index (χ4v) is 2.48. The molecule has 112 valence electrons. The molecule has 2 rings (SSSR count). The molecule has 1 N–H and O–H groups in total. The van der Waals surface area contributed by atoms with E-state index in [2.05, 4.69) is 43.4 Å². The lowest BCUT2D eigenvalue weighted by atomic mass is 10.0. The van der Waals surface area contributed by atoms with Gasteiger partial charge in [-0.3, -0.25) is 0 Å². The van der Waals surface area contributed by atoms with Crippen LogP contribution in [0.1, 0.15) is 37.1 Å². The van der Waals surface area contributed by atoms with E-state index in [0.717, 1.165) is 17.1 Å². The maximum Gasteiger partial charge on any atom is 0.123 e. The van der Waals surface area contributed by atoms with Crippen molar-refractivity contribution in [3.8, 4) is 11.5 Å². The smallest absolute Gasteiger partial charge is 0.123 e. The number of rotatable bonds is 6. The lowest BCUT2D eigenvalue weighted by Gasteiger charge is -2.22. The summed E-state index contributed by atoms with van der Waals surface area (Å²) in [4.78, 5) is 0. The molecule has 21 heavy (non-hydrogen) atoms. The Morgan fingerprint density at radius 2 is 1.57 bits per heavy atom. The minimum absolute atomic E-state index is 0.158. The molecule has 2 atom stereocenters. The van der Waals surface area contributed by atoms with Crippen LogP contribution in [-0.4, -0.2) is 14.2 Å². The second-order valence-corrected chi connectivity index (χ2v) is 5.13. The largest absolute Gasteiger partial charge is 0.497 e. The molecular formula is C18H23NO2. The van der Waals surface area contributed by atoms with Crippen LogP contribution in [0.2, 0.25) is 0 Å². The molecule has 0 bridgehead atoms. The second kappa shape index (κ2) is 7.14. The Morgan fingerprint density at radius 3 is 2.19 bits per heavy atom. The maximum atomic E-state index is 5.46. The van der Waals surface area contributed by atoms with Crippen LogP contribution in [0.5, 0.6) is 11.5 Å². The van der Waals surface area contributed by atoms with E-state index in [-0.39, 0.29) is 12.1 Å². The zero-order chi connectivity index (χ0) is 15.2. The van der Waals surface area contributed by atoms with Crippen LogP contribution >= 0.6 is 0 Å². The standard InChI is InChI=1S/C18H23NO2/c1-13(15-8-6-5-7-9-15)19-14(2)17-12-16(20-3)10-11-18(17)21-4/h5-14,19H,1-4H3/t13-,14-/m1/s1. The molecule has 0 fully saturated rings. The quantitative estimate of drug-likeness (QED) is 0.866. The Kier molecular flexibility index (Phi) is 5.23. The van der Waals surface area contributed by atoms with Crippen LogP contribution in [0.3, 0.4) is 0 Å². The van der Waals surface area contributed by atoms with Crippen molar-refractivity contribution in [2.45, 2.75) is 25.9 Å². The first-order valence-corrected chi connectivity index (χ1v) is 7.18. The van der Waals surface area contributed by atoms with E-state index in [1.165, 1.54) is 5.56 Å². The minimum Gasteiger partial charge on any atom is -0.497 e. The van der Waals surface area contributed by atoms with Gasteiger partial charge >= 0.3 is 0 Å². The molecule has 0 aliphatic carbocycles. The molecule has 0 radical (unpaired) electrons. The molecule has 0 aliphatic rings. The van der Waals surface area contributed by atoms with Gasteiger partial charge < -0.3 is 14.8 Å². The van der Waals surface area contributed by atoms with Gasteiger partial charge in [-0.1, -0.05) is 30.3 Å². The van der Waals surface area contributed by atoms with Crippen LogP contribution in [0.15, 0.2) is 48.5 Å². The Labute approximate surface area is 126 Å². The summed E-state index contributed by atoms with van der Waals surface area (Å²) in [5, 5.41) is 3.60. The molecule has 2 aromatic carbocycles. The highest BCUT2D eigenvalue weighted by molar-refractivity contribution is 5.42. The molecule has 3 nitrogen and oxygen atoms in total. The highest BCUT2D eigenvalue weighted by atomic mass is 16.5. The van der Waals surface area contributed by atoms with Crippen LogP contribution in [0.25, 0.3) is 0 Å². The van der Waals surface area contributed by atoms with Gasteiger partial charge in [0.05, 0.1) is 14.2 Å². The first kappa shape index (κ1) is 15.4. The van der Waals surface area contributed by atoms with Crippen LogP contribution < -0.4 is 14.8 Å². The van der Waals surface area contributed by atoms with Crippen LogP contribution in [-0.2, 0) is 0 Å². The molecule has 0 amide bonds. The summed E-state index contributed by atoms with van der Waals surface area (Å²) in [5.41, 5.74) is 2.37. The fraction of sp³-hybridized carbons (Fsp3) is 0.333. The van der Waals surface area contributed by atoms with E-state index < -0.39 is 0 Å². The topological polar surface area (TPSA) is 30.5 Å². The van der Waals surface area contributed by atoms with Gasteiger partial charge in [-0.25, -0.2) is 0 Å². The number of benzene rings is 2. The SMILES string of the molecule is COc1ccc(OC)c([C@@H](C)N[C@H](C)c2ccccc2)c1. The zero-order valence-electron chi connectivity index (χ0n) is 13.1. The predicted octanol–water partition coefficient (Wildman–Crippen LogP) is 4.12. The third kappa shape index (κ3) is 3.76. The summed E-state index contributed by atoms with van der Waals surface area (Å²) in [6.45, 7) is 4.30. The third-order valence-corrected chi connectivity index (χ3v) is 3.70. The first-order chi connectivity index (χ1) is 10.2. The van der Waals surface area contributed by atoms with Gasteiger partial charge in [-0.05, 0) is 37.6 Å². The Hall–Kier alpha value is -2.00. The number of methoxy groups -OCH3 is 2. The zero-order valence-corrected chi connectivity index (χ0v) is 13.1. The van der Waals surface area contributed by atoms with Crippen molar-refractivity contribution in [1.29, 1.82) is 0 Å². The molecule has 0 spiro atoms. The summed E-state index contributed by atoms with van der Waals surface area (Å²) in [5.74, 6) is 1.71. The van der Waals surface area contributed by atoms with Crippen LogP contribution in [0, 0.1) is 0 Å². The van der Waals surface area contributed by atoms with Crippen molar-refractivity contribution in [3.05, 3.63) is 59.7 Å². The normalized spacial score (nSPS) is 13.5. The third-order valence-electron chi connectivity index (χ3n) is 3.70. The highest BCUT2D eigenvalue weighted by Crippen LogP contribution is 2.30. The summed E-state index contributed by atoms with van der Waals surface area (Å²) in [7, 11) is 3.37. The molecule has 0 saturated heterocycles. The average molecular weight is 285 g/mol. The summed E-state index contributed by atoms with van der Waals surface area (Å²) in [6, 6.07) is 16.7. The molecular weight excluding hydrogens is 262 g/mol. The molecule has 2 aromatic rings. The van der Waals surface area contributed by atoms with Crippen molar-refractivity contribution in [1.82, 2.24) is 5.32 Å². The lowest BCUT2D eigenvalue weighted by Crippen LogP contribution is -2.22. The number of ether oxygens (including phenoxy) is 2. The van der Waals surface area contributed by atoms with Crippen molar-refractivity contribution in [2.75, 3.05) is 14.2 Å². The average Bonchev–Trinajstić information content (AvgIpc) is 2.54. The van der Waals surface area contributed by atoms with Crippen molar-refractivity contribution < 1.29 is 9.47 Å². The van der Waals surface area contributed by atoms with E-state index in [0.29, 0.717) is 0 Å².